The first kappa shape index (κ1) is 15.3. The summed E-state index contributed by atoms with van der Waals surface area (Å²) in [6.07, 6.45) is 5.14. The molecule has 1 aliphatic rings. The van der Waals surface area contributed by atoms with Crippen molar-refractivity contribution in [1.82, 2.24) is 4.98 Å². The van der Waals surface area contributed by atoms with E-state index in [0.717, 1.165) is 17.7 Å². The molecule has 20 heavy (non-hydrogen) atoms. The molecule has 0 aliphatic heterocycles. The molecule has 2 atom stereocenters. The number of hydrogen-bond acceptors (Lipinski definition) is 3. The molecule has 0 spiro atoms. The Balaban J connectivity index is 2.22. The van der Waals surface area contributed by atoms with E-state index in [0.29, 0.717) is 11.8 Å². The Morgan fingerprint density at radius 2 is 1.95 bits per heavy atom. The van der Waals surface area contributed by atoms with Crippen molar-refractivity contribution in [3.8, 4) is 5.88 Å². The highest BCUT2D eigenvalue weighted by Gasteiger charge is 2.24. The van der Waals surface area contributed by atoms with E-state index < -0.39 is 0 Å². The van der Waals surface area contributed by atoms with Crippen LogP contribution in [0.25, 0.3) is 0 Å². The number of pyridine rings is 1. The van der Waals surface area contributed by atoms with Crippen molar-refractivity contribution >= 4 is 0 Å². The summed E-state index contributed by atoms with van der Waals surface area (Å²) in [5, 5.41) is 9.43. The van der Waals surface area contributed by atoms with Gasteiger partial charge >= 0.3 is 0 Å². The van der Waals surface area contributed by atoms with Gasteiger partial charge in [0.05, 0.1) is 12.3 Å². The van der Waals surface area contributed by atoms with Gasteiger partial charge in [0.25, 0.3) is 0 Å². The minimum Gasteiger partial charge on any atom is -0.474 e. The molecule has 1 aliphatic carbocycles. The molecule has 2 unspecified atom stereocenters. The molecule has 1 N–H and O–H groups in total. The fourth-order valence-corrected chi connectivity index (χ4v) is 2.71. The Kier molecular flexibility index (Phi) is 4.69. The molecule has 3 nitrogen and oxygen atoms in total. The van der Waals surface area contributed by atoms with Gasteiger partial charge in [0.2, 0.25) is 5.88 Å². The SMILES string of the molecule is CC1CCCCC1Oc1cc(CO)cc(C(C)(C)C)n1. The highest BCUT2D eigenvalue weighted by atomic mass is 16.5. The lowest BCUT2D eigenvalue weighted by molar-refractivity contribution is 0.0968. The molecule has 3 heteroatoms. The lowest BCUT2D eigenvalue weighted by Crippen LogP contribution is -2.29. The Morgan fingerprint density at radius 3 is 2.55 bits per heavy atom. The zero-order chi connectivity index (χ0) is 14.8. The van der Waals surface area contributed by atoms with E-state index in [1.807, 2.05) is 12.1 Å². The van der Waals surface area contributed by atoms with Gasteiger partial charge in [-0.15, -0.1) is 0 Å². The maximum atomic E-state index is 9.43. The molecule has 0 aromatic carbocycles. The zero-order valence-electron chi connectivity index (χ0n) is 13.1. The second-order valence-corrected chi connectivity index (χ2v) is 7.03. The first-order chi connectivity index (χ1) is 9.40. The van der Waals surface area contributed by atoms with E-state index in [1.54, 1.807) is 0 Å². The molecular formula is C17H27NO2. The van der Waals surface area contributed by atoms with Crippen molar-refractivity contribution in [3.63, 3.8) is 0 Å². The molecular weight excluding hydrogens is 250 g/mol. The maximum absolute atomic E-state index is 9.43. The van der Waals surface area contributed by atoms with Gasteiger partial charge in [-0.2, -0.15) is 0 Å². The summed E-state index contributed by atoms with van der Waals surface area (Å²) in [5.41, 5.74) is 1.81. The number of hydrogen-bond donors (Lipinski definition) is 1. The number of nitrogens with zero attached hydrogens (tertiary/aromatic N) is 1. The third-order valence-corrected chi connectivity index (χ3v) is 4.12. The maximum Gasteiger partial charge on any atom is 0.214 e. The van der Waals surface area contributed by atoms with Crippen LogP contribution in [-0.2, 0) is 12.0 Å². The second-order valence-electron chi connectivity index (χ2n) is 7.03. The average molecular weight is 277 g/mol. The lowest BCUT2D eigenvalue weighted by atomic mass is 9.88. The molecule has 1 aromatic rings. The standard InChI is InChI=1S/C17H27NO2/c1-12-7-5-6-8-14(12)20-16-10-13(11-19)9-15(18-16)17(2,3)4/h9-10,12,14,19H,5-8,11H2,1-4H3. The summed E-state index contributed by atoms with van der Waals surface area (Å²) < 4.78 is 6.12. The normalized spacial score (nSPS) is 23.6. The fraction of sp³-hybridized carbons (Fsp3) is 0.706. The van der Waals surface area contributed by atoms with Crippen LogP contribution in [0.2, 0.25) is 0 Å². The van der Waals surface area contributed by atoms with Gasteiger partial charge in [-0.25, -0.2) is 4.98 Å². The van der Waals surface area contributed by atoms with E-state index in [2.05, 4.69) is 32.7 Å². The third kappa shape index (κ3) is 3.72. The van der Waals surface area contributed by atoms with Gasteiger partial charge in [0, 0.05) is 11.5 Å². The molecule has 0 saturated heterocycles. The number of ether oxygens (including phenoxy) is 1. The van der Waals surface area contributed by atoms with Crippen LogP contribution in [0, 0.1) is 5.92 Å². The number of rotatable bonds is 3. The van der Waals surface area contributed by atoms with E-state index in [9.17, 15) is 5.11 Å². The third-order valence-electron chi connectivity index (χ3n) is 4.12. The Morgan fingerprint density at radius 1 is 1.25 bits per heavy atom. The average Bonchev–Trinajstić information content (AvgIpc) is 2.40. The molecule has 1 heterocycles. The van der Waals surface area contributed by atoms with Crippen LogP contribution < -0.4 is 4.74 Å². The highest BCUT2D eigenvalue weighted by molar-refractivity contribution is 5.28. The van der Waals surface area contributed by atoms with Gasteiger partial charge in [-0.05, 0) is 36.8 Å². The van der Waals surface area contributed by atoms with Crippen LogP contribution in [0.5, 0.6) is 5.88 Å². The van der Waals surface area contributed by atoms with Crippen molar-refractivity contribution in [2.24, 2.45) is 5.92 Å². The Labute approximate surface area is 122 Å². The molecule has 1 fully saturated rings. The molecule has 0 amide bonds. The smallest absolute Gasteiger partial charge is 0.214 e. The highest BCUT2D eigenvalue weighted by Crippen LogP contribution is 2.29. The van der Waals surface area contributed by atoms with Crippen molar-refractivity contribution in [2.75, 3.05) is 0 Å². The van der Waals surface area contributed by atoms with Crippen LogP contribution in [0.4, 0.5) is 0 Å². The van der Waals surface area contributed by atoms with Crippen molar-refractivity contribution < 1.29 is 9.84 Å². The second kappa shape index (κ2) is 6.13. The Hall–Kier alpha value is -1.09. The number of aliphatic hydroxyl groups excluding tert-OH is 1. The molecule has 112 valence electrons. The summed E-state index contributed by atoms with van der Waals surface area (Å²) in [4.78, 5) is 4.65. The molecule has 2 rings (SSSR count). The predicted octanol–water partition coefficient (Wildman–Crippen LogP) is 3.83. The van der Waals surface area contributed by atoms with Gasteiger partial charge < -0.3 is 9.84 Å². The van der Waals surface area contributed by atoms with Gasteiger partial charge in [-0.1, -0.05) is 34.1 Å². The van der Waals surface area contributed by atoms with Crippen LogP contribution >= 0.6 is 0 Å². The minimum atomic E-state index is -0.0402. The van der Waals surface area contributed by atoms with E-state index in [1.165, 1.54) is 19.3 Å². The van der Waals surface area contributed by atoms with Crippen LogP contribution in [0.3, 0.4) is 0 Å². The quantitative estimate of drug-likeness (QED) is 0.913. The summed E-state index contributed by atoms with van der Waals surface area (Å²) in [6, 6.07) is 3.84. The summed E-state index contributed by atoms with van der Waals surface area (Å²) in [6.45, 7) is 8.67. The first-order valence-corrected chi connectivity index (χ1v) is 7.69. The van der Waals surface area contributed by atoms with Crippen LogP contribution in [-0.4, -0.2) is 16.2 Å². The number of aliphatic hydroxyl groups is 1. The van der Waals surface area contributed by atoms with E-state index >= 15 is 0 Å². The zero-order valence-corrected chi connectivity index (χ0v) is 13.1. The van der Waals surface area contributed by atoms with Gasteiger partial charge in [-0.3, -0.25) is 0 Å². The van der Waals surface area contributed by atoms with Crippen molar-refractivity contribution in [1.29, 1.82) is 0 Å². The van der Waals surface area contributed by atoms with Crippen molar-refractivity contribution in [3.05, 3.63) is 23.4 Å². The topological polar surface area (TPSA) is 42.4 Å². The summed E-state index contributed by atoms with van der Waals surface area (Å²) in [7, 11) is 0. The lowest BCUT2D eigenvalue weighted by Gasteiger charge is -2.29. The fourth-order valence-electron chi connectivity index (χ4n) is 2.71. The molecule has 1 aromatic heterocycles. The minimum absolute atomic E-state index is 0.0299. The molecule has 0 radical (unpaired) electrons. The Bertz CT molecular complexity index is 451. The van der Waals surface area contributed by atoms with Gasteiger partial charge in [0.15, 0.2) is 0 Å². The molecule has 1 saturated carbocycles. The predicted molar refractivity (Wildman–Crippen MR) is 80.9 cm³/mol. The van der Waals surface area contributed by atoms with Gasteiger partial charge in [0.1, 0.15) is 6.10 Å². The molecule has 0 bridgehead atoms. The summed E-state index contributed by atoms with van der Waals surface area (Å²) >= 11 is 0. The van der Waals surface area contributed by atoms with Crippen molar-refractivity contribution in [2.45, 2.75) is 71.5 Å². The number of aromatic nitrogens is 1. The summed E-state index contributed by atoms with van der Waals surface area (Å²) in [5.74, 6) is 1.25. The van der Waals surface area contributed by atoms with Crippen LogP contribution in [0.1, 0.15) is 64.6 Å². The van der Waals surface area contributed by atoms with E-state index in [-0.39, 0.29) is 18.1 Å². The monoisotopic (exact) mass is 277 g/mol. The first-order valence-electron chi connectivity index (χ1n) is 7.69. The largest absolute Gasteiger partial charge is 0.474 e. The van der Waals surface area contributed by atoms with E-state index in [4.69, 9.17) is 4.74 Å². The van der Waals surface area contributed by atoms with Crippen LogP contribution in [0.15, 0.2) is 12.1 Å².